The highest BCUT2D eigenvalue weighted by molar-refractivity contribution is 5.72. The van der Waals surface area contributed by atoms with Gasteiger partial charge in [-0.2, -0.15) is 0 Å². The fourth-order valence-electron chi connectivity index (χ4n) is 3.14. The predicted molar refractivity (Wildman–Crippen MR) is 115 cm³/mol. The Bertz CT molecular complexity index is 700. The molecule has 1 rings (SSSR count). The molecule has 0 radical (unpaired) electrons. The third-order valence-corrected chi connectivity index (χ3v) is 4.79. The van der Waals surface area contributed by atoms with Crippen LogP contribution in [0.2, 0.25) is 0 Å². The van der Waals surface area contributed by atoms with Crippen LogP contribution in [-0.2, 0) is 4.79 Å². The summed E-state index contributed by atoms with van der Waals surface area (Å²) in [5.41, 5.74) is 6.46. The van der Waals surface area contributed by atoms with Crippen molar-refractivity contribution in [2.75, 3.05) is 0 Å². The molecule has 0 bridgehead atoms. The highest BCUT2D eigenvalue weighted by Gasteiger charge is 2.26. The second kappa shape index (κ2) is 10.8. The van der Waals surface area contributed by atoms with Crippen molar-refractivity contribution in [1.82, 2.24) is 0 Å². The van der Waals surface area contributed by atoms with Gasteiger partial charge in [0.05, 0.1) is 0 Å². The number of carbonyl (C=O) groups is 1. The van der Waals surface area contributed by atoms with E-state index in [2.05, 4.69) is 65.0 Å². The molecule has 140 valence electrons. The van der Waals surface area contributed by atoms with Gasteiger partial charge in [0, 0.05) is 0 Å². The molecule has 0 amide bonds. The molecule has 0 aromatic heterocycles. The summed E-state index contributed by atoms with van der Waals surface area (Å²) in [5, 5.41) is 0. The Balaban J connectivity index is 2.70. The van der Waals surface area contributed by atoms with Crippen LogP contribution in [0.4, 0.5) is 0 Å². The van der Waals surface area contributed by atoms with Gasteiger partial charge in [0.25, 0.3) is 0 Å². The minimum atomic E-state index is 0.289. The lowest BCUT2D eigenvalue weighted by Gasteiger charge is -2.32. The minimum absolute atomic E-state index is 0.289. The molecule has 0 aromatic carbocycles. The first-order valence-corrected chi connectivity index (χ1v) is 9.46. The second-order valence-electron chi connectivity index (χ2n) is 7.86. The van der Waals surface area contributed by atoms with E-state index in [1.807, 2.05) is 18.2 Å². The van der Waals surface area contributed by atoms with Crippen molar-refractivity contribution in [2.45, 2.75) is 60.8 Å². The van der Waals surface area contributed by atoms with Crippen molar-refractivity contribution < 1.29 is 4.79 Å². The van der Waals surface area contributed by atoms with Crippen LogP contribution in [0.15, 0.2) is 82.5 Å². The molecule has 0 atom stereocenters. The number of hydrogen-bond acceptors (Lipinski definition) is 1. The summed E-state index contributed by atoms with van der Waals surface area (Å²) in [6.07, 6.45) is 23.2. The van der Waals surface area contributed by atoms with Crippen molar-refractivity contribution in [1.29, 1.82) is 0 Å². The van der Waals surface area contributed by atoms with Gasteiger partial charge in [-0.1, -0.05) is 85.3 Å². The Morgan fingerprint density at radius 2 is 1.46 bits per heavy atom. The Labute approximate surface area is 160 Å². The molecule has 1 aliphatic rings. The van der Waals surface area contributed by atoms with Gasteiger partial charge >= 0.3 is 0 Å². The highest BCUT2D eigenvalue weighted by atomic mass is 16.1. The Morgan fingerprint density at radius 1 is 0.885 bits per heavy atom. The van der Waals surface area contributed by atoms with E-state index in [0.717, 1.165) is 11.9 Å². The molecular weight excluding hydrogens is 316 g/mol. The summed E-state index contributed by atoms with van der Waals surface area (Å²) in [4.78, 5) is 10.5. The molecule has 0 saturated heterocycles. The van der Waals surface area contributed by atoms with Crippen molar-refractivity contribution in [3.63, 3.8) is 0 Å². The number of allylic oxidation sites excluding steroid dienone is 14. The maximum atomic E-state index is 10.5. The first kappa shape index (κ1) is 21.9. The van der Waals surface area contributed by atoms with Crippen LogP contribution in [0.1, 0.15) is 60.8 Å². The van der Waals surface area contributed by atoms with Gasteiger partial charge in [0.1, 0.15) is 6.29 Å². The third-order valence-electron chi connectivity index (χ3n) is 4.79. The lowest BCUT2D eigenvalue weighted by molar-refractivity contribution is -0.104. The lowest BCUT2D eigenvalue weighted by Crippen LogP contribution is -2.19. The Hall–Kier alpha value is -2.15. The van der Waals surface area contributed by atoms with Gasteiger partial charge in [-0.3, -0.25) is 4.79 Å². The van der Waals surface area contributed by atoms with Crippen LogP contribution in [0.5, 0.6) is 0 Å². The van der Waals surface area contributed by atoms with Crippen LogP contribution >= 0.6 is 0 Å². The zero-order valence-electron chi connectivity index (χ0n) is 17.3. The van der Waals surface area contributed by atoms with Gasteiger partial charge in [0.15, 0.2) is 0 Å². The average Bonchev–Trinajstić information content (AvgIpc) is 2.57. The summed E-state index contributed by atoms with van der Waals surface area (Å²) in [6, 6.07) is 0. The van der Waals surface area contributed by atoms with Crippen LogP contribution < -0.4 is 0 Å². The number of aldehydes is 1. The van der Waals surface area contributed by atoms with Gasteiger partial charge in [-0.15, -0.1) is 0 Å². The molecule has 0 heterocycles. The minimum Gasteiger partial charge on any atom is -0.298 e. The van der Waals surface area contributed by atoms with Gasteiger partial charge in [-0.25, -0.2) is 0 Å². The maximum Gasteiger partial charge on any atom is 0.145 e. The zero-order chi connectivity index (χ0) is 19.6. The molecule has 0 fully saturated rings. The molecule has 0 spiro atoms. The van der Waals surface area contributed by atoms with Crippen LogP contribution in [0.25, 0.3) is 0 Å². The number of hydrogen-bond donors (Lipinski definition) is 0. The molecule has 0 N–H and O–H groups in total. The summed E-state index contributed by atoms with van der Waals surface area (Å²) in [6.45, 7) is 13.0. The van der Waals surface area contributed by atoms with Crippen molar-refractivity contribution in [3.05, 3.63) is 82.5 Å². The van der Waals surface area contributed by atoms with E-state index < -0.39 is 0 Å². The van der Waals surface area contributed by atoms with Crippen LogP contribution in [0, 0.1) is 5.41 Å². The summed E-state index contributed by atoms with van der Waals surface area (Å²) < 4.78 is 0. The smallest absolute Gasteiger partial charge is 0.145 e. The number of rotatable bonds is 7. The maximum absolute atomic E-state index is 10.5. The van der Waals surface area contributed by atoms with E-state index in [1.54, 1.807) is 13.0 Å². The monoisotopic (exact) mass is 350 g/mol. The molecule has 0 aliphatic heterocycles. The SMILES string of the molecule is CC(C=O)=CC=CC=C(C)C=CC=C(C)C=CC1=C(C)CCCC1(C)C. The molecule has 0 unspecified atom stereocenters. The van der Waals surface area contributed by atoms with Crippen LogP contribution in [-0.4, -0.2) is 6.29 Å². The standard InChI is InChI=1S/C25H34O/c1-20(11-7-8-12-22(3)19-26)13-9-14-21(2)16-17-24-23(4)15-10-18-25(24,5)6/h7-9,11-14,16-17,19H,10,15,18H2,1-6H3. The predicted octanol–water partition coefficient (Wildman–Crippen LogP) is 7.22. The quantitative estimate of drug-likeness (QED) is 0.269. The van der Waals surface area contributed by atoms with E-state index in [0.29, 0.717) is 0 Å². The topological polar surface area (TPSA) is 17.1 Å². The van der Waals surface area contributed by atoms with Gasteiger partial charge in [0.2, 0.25) is 0 Å². The van der Waals surface area contributed by atoms with E-state index in [9.17, 15) is 4.79 Å². The molecule has 26 heavy (non-hydrogen) atoms. The highest BCUT2D eigenvalue weighted by Crippen LogP contribution is 2.40. The summed E-state index contributed by atoms with van der Waals surface area (Å²) in [7, 11) is 0. The molecular formula is C25H34O. The van der Waals surface area contributed by atoms with E-state index in [-0.39, 0.29) is 5.41 Å². The zero-order valence-corrected chi connectivity index (χ0v) is 17.3. The number of carbonyl (C=O) groups excluding carboxylic acids is 1. The fraction of sp³-hybridized carbons (Fsp3) is 0.400. The molecule has 1 nitrogen and oxygen atoms in total. The molecule has 0 aromatic rings. The van der Waals surface area contributed by atoms with E-state index in [4.69, 9.17) is 0 Å². The molecule has 0 saturated carbocycles. The summed E-state index contributed by atoms with van der Waals surface area (Å²) in [5.74, 6) is 0. The van der Waals surface area contributed by atoms with Crippen molar-refractivity contribution >= 4 is 6.29 Å². The summed E-state index contributed by atoms with van der Waals surface area (Å²) >= 11 is 0. The normalized spacial score (nSPS) is 20.0. The molecule has 1 heteroatoms. The Morgan fingerprint density at radius 3 is 2.08 bits per heavy atom. The Kier molecular flexibility index (Phi) is 9.05. The fourth-order valence-corrected chi connectivity index (χ4v) is 3.14. The largest absolute Gasteiger partial charge is 0.298 e. The average molecular weight is 351 g/mol. The van der Waals surface area contributed by atoms with Crippen molar-refractivity contribution in [3.8, 4) is 0 Å². The van der Waals surface area contributed by atoms with Gasteiger partial charge in [-0.05, 0) is 63.5 Å². The van der Waals surface area contributed by atoms with E-state index >= 15 is 0 Å². The second-order valence-corrected chi connectivity index (χ2v) is 7.86. The molecule has 1 aliphatic carbocycles. The van der Waals surface area contributed by atoms with Crippen LogP contribution in [0.3, 0.4) is 0 Å². The van der Waals surface area contributed by atoms with E-state index in [1.165, 1.54) is 41.6 Å². The first-order chi connectivity index (χ1) is 12.3. The van der Waals surface area contributed by atoms with Crippen molar-refractivity contribution in [2.24, 2.45) is 5.41 Å². The third kappa shape index (κ3) is 7.82. The van der Waals surface area contributed by atoms with Gasteiger partial charge < -0.3 is 0 Å². The lowest BCUT2D eigenvalue weighted by atomic mass is 9.72. The first-order valence-electron chi connectivity index (χ1n) is 9.46.